The van der Waals surface area contributed by atoms with E-state index in [9.17, 15) is 14.0 Å². The smallest absolute Gasteiger partial charge is 0.276 e. The van der Waals surface area contributed by atoms with Crippen LogP contribution in [0.15, 0.2) is 59.4 Å². The number of nitrogens with one attached hydrogen (secondary N) is 1. The van der Waals surface area contributed by atoms with E-state index in [-0.39, 0.29) is 12.2 Å². The normalized spacial score (nSPS) is 10.6. The Hall–Kier alpha value is -2.70. The molecule has 3 rings (SSSR count). The highest BCUT2D eigenvalue weighted by atomic mass is 35.5. The largest absolute Gasteiger partial charge is 0.321 e. The van der Waals surface area contributed by atoms with Crippen molar-refractivity contribution in [3.63, 3.8) is 0 Å². The molecule has 0 spiro atoms. The van der Waals surface area contributed by atoms with Gasteiger partial charge in [-0.1, -0.05) is 35.3 Å². The van der Waals surface area contributed by atoms with Gasteiger partial charge in [0.25, 0.3) is 11.5 Å². The molecule has 0 atom stereocenters. The summed E-state index contributed by atoms with van der Waals surface area (Å²) in [5, 5.41) is 7.34. The minimum atomic E-state index is -0.517. The van der Waals surface area contributed by atoms with Crippen LogP contribution in [0, 0.1) is 5.82 Å². The van der Waals surface area contributed by atoms with Gasteiger partial charge in [-0.05, 0) is 42.0 Å². The van der Waals surface area contributed by atoms with Crippen LogP contribution < -0.4 is 10.9 Å². The first-order valence-electron chi connectivity index (χ1n) is 7.51. The van der Waals surface area contributed by atoms with E-state index in [0.717, 1.165) is 4.68 Å². The van der Waals surface area contributed by atoms with Crippen molar-refractivity contribution in [2.24, 2.45) is 0 Å². The number of halogens is 3. The highest BCUT2D eigenvalue weighted by Crippen LogP contribution is 2.25. The fraction of sp³-hybridized carbons (Fsp3) is 0.0556. The van der Waals surface area contributed by atoms with Gasteiger partial charge < -0.3 is 5.32 Å². The lowest BCUT2D eigenvalue weighted by molar-refractivity contribution is 0.102. The summed E-state index contributed by atoms with van der Waals surface area (Å²) < 4.78 is 14.4. The summed E-state index contributed by atoms with van der Waals surface area (Å²) in [5.41, 5.74) is 0.628. The zero-order valence-electron chi connectivity index (χ0n) is 13.2. The van der Waals surface area contributed by atoms with Crippen molar-refractivity contribution in [1.29, 1.82) is 0 Å². The van der Waals surface area contributed by atoms with Gasteiger partial charge in [-0.15, -0.1) is 0 Å². The summed E-state index contributed by atoms with van der Waals surface area (Å²) in [4.78, 5) is 24.3. The van der Waals surface area contributed by atoms with Gasteiger partial charge in [-0.25, -0.2) is 9.07 Å². The summed E-state index contributed by atoms with van der Waals surface area (Å²) in [6.45, 7) is 0.0461. The number of rotatable bonds is 4. The fourth-order valence-corrected chi connectivity index (χ4v) is 2.56. The molecule has 0 radical (unpaired) electrons. The molecule has 1 aromatic heterocycles. The SMILES string of the molecule is O=C(Nc1ccc(Cl)c(Cl)c1)c1ccc(=O)n(Cc2cccc(F)c2)n1. The molecule has 0 unspecified atom stereocenters. The quantitative estimate of drug-likeness (QED) is 0.731. The van der Waals surface area contributed by atoms with Crippen LogP contribution >= 0.6 is 23.2 Å². The maximum atomic E-state index is 13.3. The molecule has 0 saturated carbocycles. The third-order valence-electron chi connectivity index (χ3n) is 3.50. The van der Waals surface area contributed by atoms with Crippen LogP contribution in [0.25, 0.3) is 0 Å². The molecular formula is C18H12Cl2FN3O2. The molecule has 1 heterocycles. The van der Waals surface area contributed by atoms with E-state index in [1.807, 2.05) is 0 Å². The van der Waals surface area contributed by atoms with Crippen molar-refractivity contribution in [2.75, 3.05) is 5.32 Å². The number of anilines is 1. The number of nitrogens with zero attached hydrogens (tertiary/aromatic N) is 2. The first-order chi connectivity index (χ1) is 12.4. The average molecular weight is 392 g/mol. The van der Waals surface area contributed by atoms with Gasteiger partial charge >= 0.3 is 0 Å². The molecule has 0 bridgehead atoms. The van der Waals surface area contributed by atoms with Crippen molar-refractivity contribution >= 4 is 34.8 Å². The second-order valence-corrected chi connectivity index (χ2v) is 6.24. The van der Waals surface area contributed by atoms with Gasteiger partial charge in [0.05, 0.1) is 16.6 Å². The minimum absolute atomic E-state index is 0.0343. The number of hydrogen-bond acceptors (Lipinski definition) is 3. The van der Waals surface area contributed by atoms with Crippen molar-refractivity contribution in [2.45, 2.75) is 6.54 Å². The Morgan fingerprint density at radius 3 is 2.62 bits per heavy atom. The molecule has 0 aliphatic carbocycles. The average Bonchev–Trinajstić information content (AvgIpc) is 2.60. The van der Waals surface area contributed by atoms with Gasteiger partial charge in [0, 0.05) is 11.8 Å². The third kappa shape index (κ3) is 4.28. The monoisotopic (exact) mass is 391 g/mol. The predicted octanol–water partition coefficient (Wildman–Crippen LogP) is 3.99. The second-order valence-electron chi connectivity index (χ2n) is 5.43. The summed E-state index contributed by atoms with van der Waals surface area (Å²) >= 11 is 11.8. The van der Waals surface area contributed by atoms with Crippen LogP contribution in [0.3, 0.4) is 0 Å². The van der Waals surface area contributed by atoms with Crippen LogP contribution in [0.4, 0.5) is 10.1 Å². The van der Waals surface area contributed by atoms with E-state index in [2.05, 4.69) is 10.4 Å². The van der Waals surface area contributed by atoms with Crippen molar-refractivity contribution < 1.29 is 9.18 Å². The molecule has 26 heavy (non-hydrogen) atoms. The summed E-state index contributed by atoms with van der Waals surface area (Å²) in [7, 11) is 0. The molecule has 2 aromatic carbocycles. The Morgan fingerprint density at radius 2 is 1.88 bits per heavy atom. The Labute approximate surface area is 158 Å². The third-order valence-corrected chi connectivity index (χ3v) is 4.24. The molecule has 132 valence electrons. The predicted molar refractivity (Wildman–Crippen MR) is 98.4 cm³/mol. The number of carbonyl (C=O) groups is 1. The van der Waals surface area contributed by atoms with Crippen LogP contribution in [0.5, 0.6) is 0 Å². The number of benzene rings is 2. The molecule has 0 aliphatic heterocycles. The Kier molecular flexibility index (Phi) is 5.35. The van der Waals surface area contributed by atoms with E-state index in [1.165, 1.54) is 36.4 Å². The van der Waals surface area contributed by atoms with Crippen molar-refractivity contribution in [3.05, 3.63) is 92.1 Å². The topological polar surface area (TPSA) is 64.0 Å². The van der Waals surface area contributed by atoms with E-state index in [4.69, 9.17) is 23.2 Å². The van der Waals surface area contributed by atoms with Crippen molar-refractivity contribution in [3.8, 4) is 0 Å². The second kappa shape index (κ2) is 7.68. The molecule has 8 heteroatoms. The van der Waals surface area contributed by atoms with E-state index in [0.29, 0.717) is 21.3 Å². The molecular weight excluding hydrogens is 380 g/mol. The Morgan fingerprint density at radius 1 is 1.08 bits per heavy atom. The van der Waals surface area contributed by atoms with E-state index in [1.54, 1.807) is 18.2 Å². The molecule has 3 aromatic rings. The van der Waals surface area contributed by atoms with Crippen molar-refractivity contribution in [1.82, 2.24) is 9.78 Å². The lowest BCUT2D eigenvalue weighted by Crippen LogP contribution is -2.26. The van der Waals surface area contributed by atoms with Gasteiger partial charge in [0.15, 0.2) is 0 Å². The fourth-order valence-electron chi connectivity index (χ4n) is 2.26. The molecule has 0 aliphatic rings. The minimum Gasteiger partial charge on any atom is -0.321 e. The van der Waals surface area contributed by atoms with Gasteiger partial charge in [0.2, 0.25) is 0 Å². The van der Waals surface area contributed by atoms with Gasteiger partial charge in [0.1, 0.15) is 11.5 Å². The number of carbonyl (C=O) groups excluding carboxylic acids is 1. The molecule has 0 saturated heterocycles. The number of amides is 1. The molecule has 1 N–H and O–H groups in total. The lowest BCUT2D eigenvalue weighted by atomic mass is 10.2. The number of aromatic nitrogens is 2. The number of hydrogen-bond donors (Lipinski definition) is 1. The van der Waals surface area contributed by atoms with E-state index >= 15 is 0 Å². The maximum absolute atomic E-state index is 13.3. The van der Waals surface area contributed by atoms with Crippen LogP contribution in [0.2, 0.25) is 10.0 Å². The summed E-state index contributed by atoms with van der Waals surface area (Å²) in [5.74, 6) is -0.930. The lowest BCUT2D eigenvalue weighted by Gasteiger charge is -2.09. The Bertz CT molecular complexity index is 1040. The van der Waals surface area contributed by atoms with Crippen LogP contribution in [-0.4, -0.2) is 15.7 Å². The maximum Gasteiger partial charge on any atom is 0.276 e. The first kappa shape index (κ1) is 18.1. The molecule has 5 nitrogen and oxygen atoms in total. The van der Waals surface area contributed by atoms with E-state index < -0.39 is 17.3 Å². The van der Waals surface area contributed by atoms with Crippen LogP contribution in [0.1, 0.15) is 16.1 Å². The molecule has 1 amide bonds. The highest BCUT2D eigenvalue weighted by Gasteiger charge is 2.11. The van der Waals surface area contributed by atoms with Gasteiger partial charge in [-0.3, -0.25) is 9.59 Å². The summed E-state index contributed by atoms with van der Waals surface area (Å²) in [6.07, 6.45) is 0. The Balaban J connectivity index is 1.83. The van der Waals surface area contributed by atoms with Gasteiger partial charge in [-0.2, -0.15) is 5.10 Å². The standard InChI is InChI=1S/C18H12Cl2FN3O2/c19-14-5-4-13(9-15(14)20)22-18(26)16-6-7-17(25)24(23-16)10-11-2-1-3-12(21)8-11/h1-9H,10H2,(H,22,26). The zero-order chi connectivity index (χ0) is 18.7. The molecule has 0 fully saturated rings. The first-order valence-corrected chi connectivity index (χ1v) is 8.27. The highest BCUT2D eigenvalue weighted by molar-refractivity contribution is 6.42. The zero-order valence-corrected chi connectivity index (χ0v) is 14.8. The van der Waals surface area contributed by atoms with Crippen LogP contribution in [-0.2, 0) is 6.54 Å². The summed E-state index contributed by atoms with van der Waals surface area (Å²) in [6, 6.07) is 13.0.